The maximum atomic E-state index is 13.5. The van der Waals surface area contributed by atoms with E-state index in [0.717, 1.165) is 17.0 Å². The highest BCUT2D eigenvalue weighted by molar-refractivity contribution is 5.82. The summed E-state index contributed by atoms with van der Waals surface area (Å²) in [6.07, 6.45) is -9.96. The molecule has 128 valence electrons. The smallest absolute Gasteiger partial charge is 0.367 e. The Labute approximate surface area is 126 Å². The number of amides is 1. The van der Waals surface area contributed by atoms with E-state index < -0.39 is 48.4 Å². The molecule has 0 radical (unpaired) electrons. The van der Waals surface area contributed by atoms with Gasteiger partial charge in [-0.05, 0) is 12.1 Å². The number of hydrogen-bond donors (Lipinski definition) is 0. The van der Waals surface area contributed by atoms with Gasteiger partial charge in [-0.3, -0.25) is 4.79 Å². The van der Waals surface area contributed by atoms with E-state index in [2.05, 4.69) is 0 Å². The zero-order chi connectivity index (χ0) is 17.4. The number of carbonyl (C=O) groups excluding carboxylic acids is 1. The zero-order valence-electron chi connectivity index (χ0n) is 11.5. The SMILES string of the molecule is O=C(N1CCN(c2cccc(F)c2C(F)(F)F)CC1)C(F)(F)F. The maximum absolute atomic E-state index is 13.5. The molecule has 0 atom stereocenters. The van der Waals surface area contributed by atoms with Crippen molar-refractivity contribution < 1.29 is 35.5 Å². The minimum Gasteiger partial charge on any atom is -0.367 e. The molecule has 0 unspecified atom stereocenters. The minimum absolute atomic E-state index is 0.256. The van der Waals surface area contributed by atoms with Crippen LogP contribution < -0.4 is 4.90 Å². The highest BCUT2D eigenvalue weighted by Gasteiger charge is 2.44. The summed E-state index contributed by atoms with van der Waals surface area (Å²) < 4.78 is 89.3. The molecule has 1 aliphatic heterocycles. The number of rotatable bonds is 1. The van der Waals surface area contributed by atoms with E-state index in [4.69, 9.17) is 0 Å². The summed E-state index contributed by atoms with van der Waals surface area (Å²) in [4.78, 5) is 12.7. The summed E-state index contributed by atoms with van der Waals surface area (Å²) in [7, 11) is 0. The molecule has 0 aromatic heterocycles. The number of hydrogen-bond acceptors (Lipinski definition) is 2. The van der Waals surface area contributed by atoms with E-state index in [-0.39, 0.29) is 13.1 Å². The largest absolute Gasteiger partial charge is 0.471 e. The molecule has 0 bridgehead atoms. The summed E-state index contributed by atoms with van der Waals surface area (Å²) in [6.45, 7) is -1.30. The molecule has 23 heavy (non-hydrogen) atoms. The Hall–Kier alpha value is -2.00. The van der Waals surface area contributed by atoms with Crippen LogP contribution >= 0.6 is 0 Å². The molecule has 0 saturated carbocycles. The topological polar surface area (TPSA) is 23.6 Å². The van der Waals surface area contributed by atoms with E-state index in [1.807, 2.05) is 0 Å². The third-order valence-electron chi connectivity index (χ3n) is 3.43. The molecule has 1 fully saturated rings. The highest BCUT2D eigenvalue weighted by Crippen LogP contribution is 2.38. The fraction of sp³-hybridized carbons (Fsp3) is 0.462. The van der Waals surface area contributed by atoms with Crippen LogP contribution in [0.5, 0.6) is 0 Å². The Morgan fingerprint density at radius 1 is 0.957 bits per heavy atom. The van der Waals surface area contributed by atoms with E-state index >= 15 is 0 Å². The first-order valence-electron chi connectivity index (χ1n) is 6.48. The lowest BCUT2D eigenvalue weighted by Crippen LogP contribution is -2.52. The van der Waals surface area contributed by atoms with Gasteiger partial charge < -0.3 is 9.80 Å². The summed E-state index contributed by atoms with van der Waals surface area (Å²) in [6, 6.07) is 2.80. The van der Waals surface area contributed by atoms with Crippen LogP contribution in [0, 0.1) is 5.82 Å². The fourth-order valence-electron chi connectivity index (χ4n) is 2.39. The maximum Gasteiger partial charge on any atom is 0.471 e. The molecular weight excluding hydrogens is 333 g/mol. The van der Waals surface area contributed by atoms with Gasteiger partial charge in [-0.1, -0.05) is 6.07 Å². The third-order valence-corrected chi connectivity index (χ3v) is 3.43. The lowest BCUT2D eigenvalue weighted by atomic mass is 10.1. The normalized spacial score (nSPS) is 16.7. The summed E-state index contributed by atoms with van der Waals surface area (Å²) >= 11 is 0. The van der Waals surface area contributed by atoms with Gasteiger partial charge in [-0.2, -0.15) is 26.3 Å². The van der Waals surface area contributed by atoms with Crippen LogP contribution in [0.4, 0.5) is 36.4 Å². The molecule has 1 saturated heterocycles. The predicted molar refractivity (Wildman–Crippen MR) is 66.2 cm³/mol. The van der Waals surface area contributed by atoms with Crippen molar-refractivity contribution in [3.63, 3.8) is 0 Å². The fourth-order valence-corrected chi connectivity index (χ4v) is 2.39. The van der Waals surface area contributed by atoms with Gasteiger partial charge in [0.15, 0.2) is 0 Å². The second-order valence-corrected chi connectivity index (χ2v) is 4.91. The molecule has 1 aromatic rings. The minimum atomic E-state index is -5.03. The molecule has 3 nitrogen and oxygen atoms in total. The Bertz CT molecular complexity index is 589. The third kappa shape index (κ3) is 3.67. The average molecular weight is 344 g/mol. The first kappa shape index (κ1) is 17.4. The van der Waals surface area contributed by atoms with Crippen LogP contribution in [0.15, 0.2) is 18.2 Å². The molecule has 10 heteroatoms. The van der Waals surface area contributed by atoms with Crippen molar-refractivity contribution in [2.45, 2.75) is 12.4 Å². The van der Waals surface area contributed by atoms with Gasteiger partial charge >= 0.3 is 18.3 Å². The lowest BCUT2D eigenvalue weighted by Gasteiger charge is -2.37. The van der Waals surface area contributed by atoms with Gasteiger partial charge in [0, 0.05) is 26.2 Å². The van der Waals surface area contributed by atoms with E-state index in [9.17, 15) is 35.5 Å². The van der Waals surface area contributed by atoms with Gasteiger partial charge in [0.05, 0.1) is 5.69 Å². The number of carbonyl (C=O) groups is 1. The van der Waals surface area contributed by atoms with Crippen LogP contribution in [0.1, 0.15) is 5.56 Å². The predicted octanol–water partition coefficient (Wildman–Crippen LogP) is 3.06. The van der Waals surface area contributed by atoms with Crippen molar-refractivity contribution in [3.8, 4) is 0 Å². The molecular formula is C13H11F7N2O. The standard InChI is InChI=1S/C13H11F7N2O/c14-8-2-1-3-9(10(8)12(15,16)17)21-4-6-22(7-5-21)11(23)13(18,19)20/h1-3H,4-7H2. The van der Waals surface area contributed by atoms with E-state index in [1.54, 1.807) is 0 Å². The van der Waals surface area contributed by atoms with Crippen molar-refractivity contribution in [2.24, 2.45) is 0 Å². The molecule has 1 aliphatic rings. The average Bonchev–Trinajstić information content (AvgIpc) is 2.44. The Morgan fingerprint density at radius 2 is 1.52 bits per heavy atom. The Morgan fingerprint density at radius 3 is 2.00 bits per heavy atom. The summed E-state index contributed by atoms with van der Waals surface area (Å²) in [5.41, 5.74) is -1.91. The monoisotopic (exact) mass is 344 g/mol. The van der Waals surface area contributed by atoms with Gasteiger partial charge in [0.1, 0.15) is 11.4 Å². The molecule has 1 aromatic carbocycles. The van der Waals surface area contributed by atoms with Crippen LogP contribution in [0.2, 0.25) is 0 Å². The van der Waals surface area contributed by atoms with Gasteiger partial charge in [0.25, 0.3) is 0 Å². The van der Waals surface area contributed by atoms with Crippen molar-refractivity contribution in [1.82, 2.24) is 4.90 Å². The van der Waals surface area contributed by atoms with E-state index in [1.165, 1.54) is 0 Å². The van der Waals surface area contributed by atoms with Crippen LogP contribution in [0.3, 0.4) is 0 Å². The number of anilines is 1. The van der Waals surface area contributed by atoms with Crippen LogP contribution in [0.25, 0.3) is 0 Å². The molecule has 0 N–H and O–H groups in total. The number of nitrogens with zero attached hydrogens (tertiary/aromatic N) is 2. The van der Waals surface area contributed by atoms with Crippen molar-refractivity contribution in [3.05, 3.63) is 29.6 Å². The number of alkyl halides is 6. The highest BCUT2D eigenvalue weighted by atomic mass is 19.4. The van der Waals surface area contributed by atoms with Gasteiger partial charge in [0.2, 0.25) is 0 Å². The summed E-state index contributed by atoms with van der Waals surface area (Å²) in [5.74, 6) is -3.49. The molecule has 0 aliphatic carbocycles. The molecule has 0 spiro atoms. The number of halogens is 7. The van der Waals surface area contributed by atoms with Crippen LogP contribution in [-0.4, -0.2) is 43.2 Å². The first-order valence-corrected chi connectivity index (χ1v) is 6.48. The van der Waals surface area contributed by atoms with Crippen molar-refractivity contribution in [1.29, 1.82) is 0 Å². The lowest BCUT2D eigenvalue weighted by molar-refractivity contribution is -0.185. The molecule has 1 heterocycles. The Balaban J connectivity index is 2.19. The first-order chi connectivity index (χ1) is 10.5. The number of benzene rings is 1. The second kappa shape index (κ2) is 5.89. The molecule has 1 amide bonds. The summed E-state index contributed by atoms with van der Waals surface area (Å²) in [5, 5.41) is 0. The van der Waals surface area contributed by atoms with Gasteiger partial charge in [-0.15, -0.1) is 0 Å². The zero-order valence-corrected chi connectivity index (χ0v) is 11.5. The quantitative estimate of drug-likeness (QED) is 0.731. The second-order valence-electron chi connectivity index (χ2n) is 4.91. The van der Waals surface area contributed by atoms with Crippen LogP contribution in [-0.2, 0) is 11.0 Å². The van der Waals surface area contributed by atoms with Crippen molar-refractivity contribution >= 4 is 11.6 Å². The molecule has 2 rings (SSSR count). The number of piperazine rings is 1. The van der Waals surface area contributed by atoms with E-state index in [0.29, 0.717) is 11.0 Å². The Kier molecular flexibility index (Phi) is 4.45. The van der Waals surface area contributed by atoms with Crippen molar-refractivity contribution in [2.75, 3.05) is 31.1 Å². The van der Waals surface area contributed by atoms with Gasteiger partial charge in [-0.25, -0.2) is 4.39 Å².